The van der Waals surface area contributed by atoms with Crippen molar-refractivity contribution in [3.63, 3.8) is 0 Å². The molecule has 0 unspecified atom stereocenters. The van der Waals surface area contributed by atoms with Gasteiger partial charge >= 0.3 is 0 Å². The standard InChI is InChI=1S/C20H19N5O.2ClH/c26-20(15-2-1-9-21-11-15)23-16-7-8-19(22-12-16)25-18(14-5-6-14)10-17(24-25)13-3-4-13;;/h1-2,7-14H,3-6H2,(H,23,26);2*1H. The molecule has 0 bridgehead atoms. The molecule has 1 amide bonds. The van der Waals surface area contributed by atoms with Gasteiger partial charge in [-0.2, -0.15) is 5.10 Å². The Morgan fingerprint density at radius 1 is 1.04 bits per heavy atom. The summed E-state index contributed by atoms with van der Waals surface area (Å²) in [6.07, 6.45) is 9.82. The first-order valence-corrected chi connectivity index (χ1v) is 9.05. The summed E-state index contributed by atoms with van der Waals surface area (Å²) in [7, 11) is 0. The number of hydrogen-bond donors (Lipinski definition) is 1. The van der Waals surface area contributed by atoms with Crippen molar-refractivity contribution in [1.29, 1.82) is 0 Å². The molecule has 3 aromatic rings. The predicted molar refractivity (Wildman–Crippen MR) is 112 cm³/mol. The maximum absolute atomic E-state index is 12.2. The normalized spacial score (nSPS) is 15.3. The molecule has 0 radical (unpaired) electrons. The maximum atomic E-state index is 12.2. The van der Waals surface area contributed by atoms with Crippen molar-refractivity contribution in [1.82, 2.24) is 19.7 Å². The summed E-state index contributed by atoms with van der Waals surface area (Å²) in [6, 6.07) is 9.51. The van der Waals surface area contributed by atoms with Gasteiger partial charge in [-0.15, -0.1) is 24.8 Å². The van der Waals surface area contributed by atoms with Crippen LogP contribution in [-0.2, 0) is 0 Å². The van der Waals surface area contributed by atoms with Crippen molar-refractivity contribution in [2.45, 2.75) is 37.5 Å². The van der Waals surface area contributed by atoms with Gasteiger partial charge in [0.25, 0.3) is 5.91 Å². The van der Waals surface area contributed by atoms with E-state index in [1.807, 2.05) is 16.8 Å². The first kappa shape index (κ1) is 20.3. The minimum atomic E-state index is -0.193. The molecule has 2 aliphatic rings. The molecule has 3 heterocycles. The second-order valence-electron chi connectivity index (χ2n) is 7.06. The second-order valence-corrected chi connectivity index (χ2v) is 7.06. The van der Waals surface area contributed by atoms with Crippen LogP contribution in [-0.4, -0.2) is 25.7 Å². The zero-order valence-corrected chi connectivity index (χ0v) is 16.7. The van der Waals surface area contributed by atoms with E-state index in [1.54, 1.807) is 30.7 Å². The average Bonchev–Trinajstić information content (AvgIpc) is 3.61. The molecular formula is C20H21Cl2N5O. The topological polar surface area (TPSA) is 72.7 Å². The highest BCUT2D eigenvalue weighted by atomic mass is 35.5. The Morgan fingerprint density at radius 3 is 2.43 bits per heavy atom. The van der Waals surface area contributed by atoms with Gasteiger partial charge in [0.05, 0.1) is 23.1 Å². The predicted octanol–water partition coefficient (Wildman–Crippen LogP) is 4.51. The summed E-state index contributed by atoms with van der Waals surface area (Å²) in [5.41, 5.74) is 3.65. The average molecular weight is 418 g/mol. The number of nitrogens with one attached hydrogen (secondary N) is 1. The van der Waals surface area contributed by atoms with Gasteiger partial charge in [-0.3, -0.25) is 9.78 Å². The number of pyridine rings is 2. The number of amides is 1. The van der Waals surface area contributed by atoms with E-state index < -0.39 is 0 Å². The number of halogens is 2. The zero-order valence-electron chi connectivity index (χ0n) is 15.1. The van der Waals surface area contributed by atoms with Crippen LogP contribution in [0.1, 0.15) is 59.3 Å². The van der Waals surface area contributed by atoms with Crippen LogP contribution in [0.15, 0.2) is 48.9 Å². The molecule has 146 valence electrons. The van der Waals surface area contributed by atoms with Crippen LogP contribution in [0.2, 0.25) is 0 Å². The molecule has 5 rings (SSSR count). The van der Waals surface area contributed by atoms with Crippen LogP contribution in [0.4, 0.5) is 5.69 Å². The number of carbonyl (C=O) groups excluding carboxylic acids is 1. The van der Waals surface area contributed by atoms with Gasteiger partial charge in [0.1, 0.15) is 0 Å². The first-order chi connectivity index (χ1) is 12.8. The van der Waals surface area contributed by atoms with E-state index in [2.05, 4.69) is 21.4 Å². The summed E-state index contributed by atoms with van der Waals surface area (Å²) in [4.78, 5) is 20.7. The van der Waals surface area contributed by atoms with Crippen molar-refractivity contribution >= 4 is 36.4 Å². The Kier molecular flexibility index (Phi) is 6.01. The van der Waals surface area contributed by atoms with Gasteiger partial charge in [-0.05, 0) is 56.0 Å². The van der Waals surface area contributed by atoms with Crippen LogP contribution in [0.25, 0.3) is 5.82 Å². The minimum Gasteiger partial charge on any atom is -0.321 e. The number of hydrogen-bond acceptors (Lipinski definition) is 4. The lowest BCUT2D eigenvalue weighted by atomic mass is 10.2. The van der Waals surface area contributed by atoms with Crippen LogP contribution in [0.3, 0.4) is 0 Å². The van der Waals surface area contributed by atoms with Crippen LogP contribution in [0, 0.1) is 0 Å². The monoisotopic (exact) mass is 417 g/mol. The Morgan fingerprint density at radius 2 is 1.82 bits per heavy atom. The van der Waals surface area contributed by atoms with Gasteiger partial charge in [-0.25, -0.2) is 9.67 Å². The maximum Gasteiger partial charge on any atom is 0.257 e. The van der Waals surface area contributed by atoms with Crippen molar-refractivity contribution in [3.8, 4) is 5.82 Å². The lowest BCUT2D eigenvalue weighted by Crippen LogP contribution is -2.12. The Labute approximate surface area is 175 Å². The van der Waals surface area contributed by atoms with Crippen molar-refractivity contribution in [2.75, 3.05) is 5.32 Å². The summed E-state index contributed by atoms with van der Waals surface area (Å²) >= 11 is 0. The van der Waals surface area contributed by atoms with Gasteiger partial charge < -0.3 is 5.32 Å². The van der Waals surface area contributed by atoms with E-state index in [4.69, 9.17) is 5.10 Å². The number of anilines is 1. The quantitative estimate of drug-likeness (QED) is 0.662. The third kappa shape index (κ3) is 4.18. The minimum absolute atomic E-state index is 0. The third-order valence-corrected chi connectivity index (χ3v) is 4.89. The van der Waals surface area contributed by atoms with Crippen molar-refractivity contribution < 1.29 is 4.79 Å². The van der Waals surface area contributed by atoms with Gasteiger partial charge in [-0.1, -0.05) is 0 Å². The fraction of sp³-hybridized carbons (Fsp3) is 0.300. The SMILES string of the molecule is Cl.Cl.O=C(Nc1ccc(-n2nc(C3CC3)cc2C2CC2)nc1)c1cccnc1. The molecule has 8 heteroatoms. The Bertz CT molecular complexity index is 950. The molecule has 2 aliphatic carbocycles. The lowest BCUT2D eigenvalue weighted by Gasteiger charge is -2.08. The highest BCUT2D eigenvalue weighted by molar-refractivity contribution is 6.03. The lowest BCUT2D eigenvalue weighted by molar-refractivity contribution is 0.102. The smallest absolute Gasteiger partial charge is 0.257 e. The highest BCUT2D eigenvalue weighted by Gasteiger charge is 2.33. The molecule has 1 N–H and O–H groups in total. The Hall–Kier alpha value is -2.44. The largest absolute Gasteiger partial charge is 0.321 e. The summed E-state index contributed by atoms with van der Waals surface area (Å²) < 4.78 is 1.98. The second kappa shape index (κ2) is 8.29. The fourth-order valence-electron chi connectivity index (χ4n) is 3.13. The molecule has 2 fully saturated rings. The molecule has 28 heavy (non-hydrogen) atoms. The highest BCUT2D eigenvalue weighted by Crippen LogP contribution is 2.45. The van der Waals surface area contributed by atoms with Crippen molar-refractivity contribution in [2.24, 2.45) is 0 Å². The molecule has 0 aromatic carbocycles. The molecule has 0 spiro atoms. The molecule has 6 nitrogen and oxygen atoms in total. The summed E-state index contributed by atoms with van der Waals surface area (Å²) in [6.45, 7) is 0. The summed E-state index contributed by atoms with van der Waals surface area (Å²) in [5.74, 6) is 1.85. The summed E-state index contributed by atoms with van der Waals surface area (Å²) in [5, 5.41) is 7.65. The Balaban J connectivity index is 0.00000112. The fourth-order valence-corrected chi connectivity index (χ4v) is 3.13. The van der Waals surface area contributed by atoms with Gasteiger partial charge in [0.15, 0.2) is 5.82 Å². The van der Waals surface area contributed by atoms with E-state index in [9.17, 15) is 4.79 Å². The third-order valence-electron chi connectivity index (χ3n) is 4.89. The number of nitrogens with zero attached hydrogens (tertiary/aromatic N) is 4. The molecule has 0 aliphatic heterocycles. The molecule has 2 saturated carbocycles. The van der Waals surface area contributed by atoms with E-state index in [0.717, 1.165) is 5.82 Å². The van der Waals surface area contributed by atoms with E-state index in [1.165, 1.54) is 37.1 Å². The molecular weight excluding hydrogens is 397 g/mol. The molecule has 3 aromatic heterocycles. The van der Waals surface area contributed by atoms with E-state index >= 15 is 0 Å². The van der Waals surface area contributed by atoms with E-state index in [-0.39, 0.29) is 30.7 Å². The number of aromatic nitrogens is 4. The number of carbonyl (C=O) groups is 1. The van der Waals surface area contributed by atoms with E-state index in [0.29, 0.717) is 23.1 Å². The van der Waals surface area contributed by atoms with Gasteiger partial charge in [0, 0.05) is 29.9 Å². The zero-order chi connectivity index (χ0) is 17.5. The number of rotatable bonds is 5. The molecule has 0 saturated heterocycles. The van der Waals surface area contributed by atoms with Gasteiger partial charge in [0.2, 0.25) is 0 Å². The van der Waals surface area contributed by atoms with Crippen LogP contribution >= 0.6 is 24.8 Å². The first-order valence-electron chi connectivity index (χ1n) is 9.05. The van der Waals surface area contributed by atoms with Crippen LogP contribution < -0.4 is 5.32 Å². The van der Waals surface area contributed by atoms with Crippen molar-refractivity contribution in [3.05, 3.63) is 65.9 Å². The van der Waals surface area contributed by atoms with Crippen LogP contribution in [0.5, 0.6) is 0 Å². The molecule has 0 atom stereocenters.